The highest BCUT2D eigenvalue weighted by Crippen LogP contribution is 2.29. The minimum Gasteiger partial charge on any atom is -0.508 e. The van der Waals surface area contributed by atoms with Gasteiger partial charge in [0.05, 0.1) is 5.56 Å². The first-order valence-corrected chi connectivity index (χ1v) is 7.98. The average Bonchev–Trinajstić information content (AvgIpc) is 2.89. The van der Waals surface area contributed by atoms with Gasteiger partial charge in [-0.15, -0.1) is 0 Å². The topological polar surface area (TPSA) is 54.3 Å². The summed E-state index contributed by atoms with van der Waals surface area (Å²) in [6.45, 7) is 0.328. The molecule has 0 radical (unpaired) electrons. The van der Waals surface area contributed by atoms with Crippen LogP contribution in [0.2, 0.25) is 0 Å². The molecule has 4 nitrogen and oxygen atoms in total. The molecule has 1 amide bonds. The van der Waals surface area contributed by atoms with Crippen LogP contribution in [-0.2, 0) is 19.6 Å². The minimum atomic E-state index is -4.42. The molecule has 2 aromatic carbocycles. The zero-order chi connectivity index (χ0) is 18.9. The molecule has 2 N–H and O–H groups in total. The van der Waals surface area contributed by atoms with Crippen LogP contribution < -0.4 is 5.32 Å². The molecule has 0 fully saturated rings. The Morgan fingerprint density at radius 2 is 1.85 bits per heavy atom. The summed E-state index contributed by atoms with van der Waals surface area (Å²) in [6.07, 6.45) is -1.96. The zero-order valence-corrected chi connectivity index (χ0v) is 14.0. The van der Waals surface area contributed by atoms with E-state index in [4.69, 9.17) is 0 Å². The number of hydrogen-bond donors (Lipinski definition) is 2. The third-order valence-corrected chi connectivity index (χ3v) is 4.21. The van der Waals surface area contributed by atoms with Crippen LogP contribution in [0.1, 0.15) is 21.5 Å². The smallest absolute Gasteiger partial charge is 0.416 e. The lowest BCUT2D eigenvalue weighted by Crippen LogP contribution is -2.25. The predicted octanol–water partition coefficient (Wildman–Crippen LogP) is 3.88. The van der Waals surface area contributed by atoms with Crippen molar-refractivity contribution in [2.24, 2.45) is 7.05 Å². The van der Waals surface area contributed by atoms with Gasteiger partial charge in [-0.25, -0.2) is 0 Å². The number of phenols is 1. The molecule has 0 saturated carbocycles. The van der Waals surface area contributed by atoms with Gasteiger partial charge in [0.1, 0.15) is 5.75 Å². The summed E-state index contributed by atoms with van der Waals surface area (Å²) in [6, 6.07) is 9.20. The Bertz CT molecular complexity index is 944. The van der Waals surface area contributed by atoms with Gasteiger partial charge < -0.3 is 15.0 Å². The van der Waals surface area contributed by atoms with Crippen molar-refractivity contribution in [1.29, 1.82) is 0 Å². The normalized spacial score (nSPS) is 11.7. The van der Waals surface area contributed by atoms with Crippen molar-refractivity contribution in [3.05, 3.63) is 65.4 Å². The molecule has 0 bridgehead atoms. The molecule has 3 aromatic rings. The van der Waals surface area contributed by atoms with Gasteiger partial charge in [0.15, 0.2) is 0 Å². The largest absolute Gasteiger partial charge is 0.508 e. The molecule has 0 unspecified atom stereocenters. The molecule has 7 heteroatoms. The van der Waals surface area contributed by atoms with Crippen molar-refractivity contribution < 1.29 is 23.1 Å². The summed E-state index contributed by atoms with van der Waals surface area (Å²) in [5, 5.41) is 13.2. The van der Waals surface area contributed by atoms with Crippen LogP contribution in [0.25, 0.3) is 10.9 Å². The average molecular weight is 362 g/mol. The van der Waals surface area contributed by atoms with Gasteiger partial charge in [0.2, 0.25) is 0 Å². The van der Waals surface area contributed by atoms with E-state index in [-0.39, 0.29) is 11.3 Å². The quantitative estimate of drug-likeness (QED) is 0.740. The predicted molar refractivity (Wildman–Crippen MR) is 92.1 cm³/mol. The Labute approximate surface area is 147 Å². The Balaban J connectivity index is 1.65. The van der Waals surface area contributed by atoms with Gasteiger partial charge in [-0.05, 0) is 54.4 Å². The number of rotatable bonds is 4. The van der Waals surface area contributed by atoms with E-state index < -0.39 is 17.6 Å². The number of hydrogen-bond acceptors (Lipinski definition) is 2. The number of benzene rings is 2. The van der Waals surface area contributed by atoms with Crippen LogP contribution in [0.15, 0.2) is 48.7 Å². The third kappa shape index (κ3) is 3.66. The van der Waals surface area contributed by atoms with E-state index in [1.165, 1.54) is 0 Å². The number of alkyl halides is 3. The fourth-order valence-corrected chi connectivity index (χ4v) is 2.88. The Kier molecular flexibility index (Phi) is 4.63. The number of aryl methyl sites for hydroxylation is 1. The second-order valence-corrected chi connectivity index (χ2v) is 6.05. The Morgan fingerprint density at radius 1 is 1.15 bits per heavy atom. The number of amides is 1. The second kappa shape index (κ2) is 6.74. The Hall–Kier alpha value is -2.96. The zero-order valence-electron chi connectivity index (χ0n) is 14.0. The summed E-state index contributed by atoms with van der Waals surface area (Å²) in [4.78, 5) is 12.1. The minimum absolute atomic E-state index is 0.165. The Morgan fingerprint density at radius 3 is 2.50 bits per heavy atom. The van der Waals surface area contributed by atoms with Crippen molar-refractivity contribution in [2.45, 2.75) is 12.6 Å². The van der Waals surface area contributed by atoms with Crippen LogP contribution in [-0.4, -0.2) is 22.1 Å². The van der Waals surface area contributed by atoms with Crippen LogP contribution in [0.3, 0.4) is 0 Å². The molecule has 0 aliphatic carbocycles. The maximum Gasteiger partial charge on any atom is 0.416 e. The number of nitrogens with one attached hydrogen (secondary N) is 1. The molecule has 1 aromatic heterocycles. The lowest BCUT2D eigenvalue weighted by Gasteiger charge is -2.08. The monoisotopic (exact) mass is 362 g/mol. The number of nitrogens with zero attached hydrogens (tertiary/aromatic N) is 1. The molecule has 136 valence electrons. The summed E-state index contributed by atoms with van der Waals surface area (Å²) in [5.41, 5.74) is 1.32. The summed E-state index contributed by atoms with van der Waals surface area (Å²) < 4.78 is 39.6. The molecule has 26 heavy (non-hydrogen) atoms. The number of halogens is 3. The van der Waals surface area contributed by atoms with Crippen LogP contribution in [0.4, 0.5) is 13.2 Å². The van der Waals surface area contributed by atoms with Crippen molar-refractivity contribution >= 4 is 16.8 Å². The first-order chi connectivity index (χ1) is 12.3. The third-order valence-electron chi connectivity index (χ3n) is 4.21. The first-order valence-electron chi connectivity index (χ1n) is 7.98. The van der Waals surface area contributed by atoms with Gasteiger partial charge in [-0.1, -0.05) is 0 Å². The summed E-state index contributed by atoms with van der Waals surface area (Å²) >= 11 is 0. The van der Waals surface area contributed by atoms with Crippen molar-refractivity contribution in [3.8, 4) is 5.75 Å². The number of phenolic OH excluding ortho intramolecular Hbond substituents is 1. The van der Waals surface area contributed by atoms with Crippen LogP contribution in [0.5, 0.6) is 5.75 Å². The van der Waals surface area contributed by atoms with Crippen LogP contribution in [0, 0.1) is 0 Å². The van der Waals surface area contributed by atoms with E-state index in [9.17, 15) is 23.1 Å². The molecule has 1 heterocycles. The van der Waals surface area contributed by atoms with Crippen molar-refractivity contribution in [1.82, 2.24) is 9.88 Å². The number of carbonyl (C=O) groups is 1. The van der Waals surface area contributed by atoms with E-state index >= 15 is 0 Å². The highest BCUT2D eigenvalue weighted by atomic mass is 19.4. The maximum absolute atomic E-state index is 12.5. The van der Waals surface area contributed by atoms with Gasteiger partial charge in [-0.2, -0.15) is 13.2 Å². The second-order valence-electron chi connectivity index (χ2n) is 6.05. The highest BCUT2D eigenvalue weighted by Gasteiger charge is 2.30. The van der Waals surface area contributed by atoms with E-state index in [0.717, 1.165) is 40.7 Å². The summed E-state index contributed by atoms with van der Waals surface area (Å²) in [5.74, 6) is -0.263. The van der Waals surface area contributed by atoms with Crippen molar-refractivity contribution in [3.63, 3.8) is 0 Å². The highest BCUT2D eigenvalue weighted by molar-refractivity contribution is 5.94. The fourth-order valence-electron chi connectivity index (χ4n) is 2.88. The van der Waals surface area contributed by atoms with E-state index in [0.29, 0.717) is 13.0 Å². The standard InChI is InChI=1S/C19H17F3N2O2/c1-24-11-13(16-10-15(25)6-7-17(16)24)8-9-23-18(26)12-2-4-14(5-3-12)19(20,21)22/h2-7,10-11,25H,8-9H2,1H3,(H,23,26). The summed E-state index contributed by atoms with van der Waals surface area (Å²) in [7, 11) is 1.89. The first kappa shape index (κ1) is 17.8. The molecular formula is C19H17F3N2O2. The lowest BCUT2D eigenvalue weighted by atomic mass is 10.1. The number of aromatic nitrogens is 1. The van der Waals surface area contributed by atoms with E-state index in [1.54, 1.807) is 12.1 Å². The number of aromatic hydroxyl groups is 1. The van der Waals surface area contributed by atoms with E-state index in [2.05, 4.69) is 5.32 Å². The molecule has 0 spiro atoms. The van der Waals surface area contributed by atoms with Gasteiger partial charge in [0.25, 0.3) is 5.91 Å². The number of fused-ring (bicyclic) bond motifs is 1. The van der Waals surface area contributed by atoms with E-state index in [1.807, 2.05) is 23.9 Å². The molecule has 3 rings (SSSR count). The van der Waals surface area contributed by atoms with Gasteiger partial charge in [0, 0.05) is 36.3 Å². The molecule has 0 aliphatic rings. The van der Waals surface area contributed by atoms with Crippen molar-refractivity contribution in [2.75, 3.05) is 6.54 Å². The van der Waals surface area contributed by atoms with Crippen LogP contribution >= 0.6 is 0 Å². The van der Waals surface area contributed by atoms with Gasteiger partial charge >= 0.3 is 6.18 Å². The molecule has 0 aliphatic heterocycles. The molecule has 0 atom stereocenters. The maximum atomic E-state index is 12.5. The van der Waals surface area contributed by atoms with Gasteiger partial charge in [-0.3, -0.25) is 4.79 Å². The SMILES string of the molecule is Cn1cc(CCNC(=O)c2ccc(C(F)(F)F)cc2)c2cc(O)ccc21. The molecule has 0 saturated heterocycles. The molecular weight excluding hydrogens is 345 g/mol. The number of carbonyl (C=O) groups excluding carboxylic acids is 1. The fraction of sp³-hybridized carbons (Fsp3) is 0.211. The lowest BCUT2D eigenvalue weighted by molar-refractivity contribution is -0.137.